The second kappa shape index (κ2) is 13.2. The molecule has 0 aliphatic carbocycles. The largest absolute Gasteiger partial charge is 0.493 e. The van der Waals surface area contributed by atoms with Crippen molar-refractivity contribution in [2.45, 2.75) is 26.2 Å². The zero-order valence-electron chi connectivity index (χ0n) is 13.8. The van der Waals surface area contributed by atoms with Crippen LogP contribution in [0.5, 0.6) is 11.5 Å². The van der Waals surface area contributed by atoms with E-state index in [0.717, 1.165) is 50.6 Å². The van der Waals surface area contributed by atoms with Crippen molar-refractivity contribution in [3.63, 3.8) is 0 Å². The minimum absolute atomic E-state index is 0.619. The van der Waals surface area contributed by atoms with Crippen LogP contribution in [0.15, 0.2) is 36.4 Å². The van der Waals surface area contributed by atoms with E-state index in [4.69, 9.17) is 14.2 Å². The maximum Gasteiger partial charge on any atom is 0.161 e. The summed E-state index contributed by atoms with van der Waals surface area (Å²) in [6.45, 7) is 6.14. The molecule has 0 aliphatic rings. The normalized spacial score (nSPS) is 11.0. The lowest BCUT2D eigenvalue weighted by atomic mass is 10.3. The van der Waals surface area contributed by atoms with Gasteiger partial charge in [0.1, 0.15) is 6.61 Å². The molecule has 0 aliphatic heterocycles. The molecule has 4 heteroatoms. The summed E-state index contributed by atoms with van der Waals surface area (Å²) in [5.74, 6) is 1.55. The van der Waals surface area contributed by atoms with Gasteiger partial charge in [-0.15, -0.1) is 0 Å². The van der Waals surface area contributed by atoms with E-state index in [2.05, 4.69) is 24.4 Å². The summed E-state index contributed by atoms with van der Waals surface area (Å²) in [6.07, 6.45) is 7.60. The lowest BCUT2D eigenvalue weighted by molar-refractivity contribution is 0.136. The fourth-order valence-corrected chi connectivity index (χ4v) is 1.86. The van der Waals surface area contributed by atoms with Gasteiger partial charge >= 0.3 is 0 Å². The van der Waals surface area contributed by atoms with Crippen molar-refractivity contribution in [1.82, 2.24) is 5.32 Å². The van der Waals surface area contributed by atoms with Crippen molar-refractivity contribution >= 4 is 0 Å². The Balaban J connectivity index is 1.97. The van der Waals surface area contributed by atoms with Crippen LogP contribution in [0, 0.1) is 0 Å². The Morgan fingerprint density at radius 2 is 1.86 bits per heavy atom. The van der Waals surface area contributed by atoms with E-state index in [9.17, 15) is 0 Å². The Morgan fingerprint density at radius 1 is 1.05 bits per heavy atom. The summed E-state index contributed by atoms with van der Waals surface area (Å²) in [5, 5.41) is 3.31. The summed E-state index contributed by atoms with van der Waals surface area (Å²) in [5.41, 5.74) is 0. The first kappa shape index (κ1) is 18.5. The second-order valence-corrected chi connectivity index (χ2v) is 4.93. The van der Waals surface area contributed by atoms with Crippen LogP contribution in [0.4, 0.5) is 0 Å². The van der Waals surface area contributed by atoms with Crippen LogP contribution in [-0.4, -0.2) is 40.0 Å². The Hall–Kier alpha value is -1.52. The van der Waals surface area contributed by atoms with Gasteiger partial charge in [-0.1, -0.05) is 37.6 Å². The summed E-state index contributed by atoms with van der Waals surface area (Å²) in [7, 11) is 1.65. The molecule has 0 unspecified atom stereocenters. The molecule has 0 saturated heterocycles. The summed E-state index contributed by atoms with van der Waals surface area (Å²) < 4.78 is 16.4. The van der Waals surface area contributed by atoms with Crippen molar-refractivity contribution in [3.8, 4) is 11.5 Å². The van der Waals surface area contributed by atoms with Gasteiger partial charge < -0.3 is 19.5 Å². The van der Waals surface area contributed by atoms with Gasteiger partial charge in [0.05, 0.1) is 13.7 Å². The quantitative estimate of drug-likeness (QED) is 0.448. The van der Waals surface area contributed by atoms with E-state index >= 15 is 0 Å². The van der Waals surface area contributed by atoms with Gasteiger partial charge in [0, 0.05) is 19.7 Å². The molecule has 0 heterocycles. The van der Waals surface area contributed by atoms with Crippen molar-refractivity contribution in [2.75, 3.05) is 40.0 Å². The molecule has 0 radical (unpaired) electrons. The van der Waals surface area contributed by atoms with Crippen LogP contribution in [-0.2, 0) is 4.74 Å². The van der Waals surface area contributed by atoms with Gasteiger partial charge in [0.2, 0.25) is 0 Å². The predicted molar refractivity (Wildman–Crippen MR) is 90.8 cm³/mol. The molecule has 1 N–H and O–H groups in total. The Labute approximate surface area is 134 Å². The number of ether oxygens (including phenoxy) is 3. The van der Waals surface area contributed by atoms with Crippen molar-refractivity contribution in [2.24, 2.45) is 0 Å². The minimum Gasteiger partial charge on any atom is -0.493 e. The Bertz CT molecular complexity index is 407. The lowest BCUT2D eigenvalue weighted by Crippen LogP contribution is -2.21. The summed E-state index contributed by atoms with van der Waals surface area (Å²) in [6, 6.07) is 7.68. The zero-order chi connectivity index (χ0) is 15.9. The number of hydrogen-bond acceptors (Lipinski definition) is 4. The monoisotopic (exact) mass is 307 g/mol. The number of para-hydroxylation sites is 2. The van der Waals surface area contributed by atoms with Crippen LogP contribution in [0.3, 0.4) is 0 Å². The number of methoxy groups -OCH3 is 1. The minimum atomic E-state index is 0.619. The molecule has 1 aromatic rings. The Morgan fingerprint density at radius 3 is 2.64 bits per heavy atom. The first-order valence-corrected chi connectivity index (χ1v) is 8.07. The van der Waals surface area contributed by atoms with Gasteiger partial charge in [0.15, 0.2) is 11.5 Å². The van der Waals surface area contributed by atoms with Crippen LogP contribution in [0.1, 0.15) is 26.2 Å². The van der Waals surface area contributed by atoms with Crippen molar-refractivity contribution in [1.29, 1.82) is 0 Å². The third-order valence-corrected chi connectivity index (χ3v) is 3.11. The molecular formula is C18H29NO3. The standard InChI is InChI=1S/C18H29NO3/c1-3-4-14-21-15-9-5-8-12-19-13-16-22-18-11-7-6-10-17(18)20-2/h5-8,10-11,19H,3-4,9,12-16H2,1-2H3/b8-5+. The number of hydrogen-bond donors (Lipinski definition) is 1. The molecule has 1 aromatic carbocycles. The fraction of sp³-hybridized carbons (Fsp3) is 0.556. The predicted octanol–water partition coefficient (Wildman–Crippen LogP) is 3.43. The smallest absolute Gasteiger partial charge is 0.161 e. The molecule has 124 valence electrons. The fourth-order valence-electron chi connectivity index (χ4n) is 1.86. The molecule has 0 bridgehead atoms. The molecule has 0 spiro atoms. The highest BCUT2D eigenvalue weighted by Gasteiger charge is 2.00. The summed E-state index contributed by atoms with van der Waals surface area (Å²) in [4.78, 5) is 0. The molecule has 0 saturated carbocycles. The molecule has 22 heavy (non-hydrogen) atoms. The highest BCUT2D eigenvalue weighted by atomic mass is 16.5. The third-order valence-electron chi connectivity index (χ3n) is 3.11. The molecule has 0 amide bonds. The van der Waals surface area contributed by atoms with E-state index in [0.29, 0.717) is 6.61 Å². The Kier molecular flexibility index (Phi) is 11.1. The maximum absolute atomic E-state index is 5.68. The molecule has 4 nitrogen and oxygen atoms in total. The van der Waals surface area contributed by atoms with Crippen LogP contribution < -0.4 is 14.8 Å². The van der Waals surface area contributed by atoms with E-state index < -0.39 is 0 Å². The highest BCUT2D eigenvalue weighted by Crippen LogP contribution is 2.25. The average Bonchev–Trinajstić information content (AvgIpc) is 2.56. The second-order valence-electron chi connectivity index (χ2n) is 4.93. The van der Waals surface area contributed by atoms with Crippen LogP contribution >= 0.6 is 0 Å². The lowest BCUT2D eigenvalue weighted by Gasteiger charge is -2.10. The number of nitrogens with one attached hydrogen (secondary N) is 1. The van der Waals surface area contributed by atoms with Crippen molar-refractivity contribution in [3.05, 3.63) is 36.4 Å². The maximum atomic E-state index is 5.68. The van der Waals surface area contributed by atoms with Gasteiger partial charge in [0.25, 0.3) is 0 Å². The van der Waals surface area contributed by atoms with E-state index in [1.165, 1.54) is 6.42 Å². The third kappa shape index (κ3) is 8.70. The number of benzene rings is 1. The van der Waals surface area contributed by atoms with E-state index in [1.807, 2.05) is 24.3 Å². The van der Waals surface area contributed by atoms with E-state index in [1.54, 1.807) is 7.11 Å². The molecule has 0 fully saturated rings. The van der Waals surface area contributed by atoms with Crippen molar-refractivity contribution < 1.29 is 14.2 Å². The average molecular weight is 307 g/mol. The van der Waals surface area contributed by atoms with E-state index in [-0.39, 0.29) is 0 Å². The summed E-state index contributed by atoms with van der Waals surface area (Å²) >= 11 is 0. The molecule has 1 rings (SSSR count). The van der Waals surface area contributed by atoms with Gasteiger partial charge in [-0.25, -0.2) is 0 Å². The molecular weight excluding hydrogens is 278 g/mol. The zero-order valence-corrected chi connectivity index (χ0v) is 13.8. The number of unbranched alkanes of at least 4 members (excludes halogenated alkanes) is 1. The molecule has 0 aromatic heterocycles. The first-order chi connectivity index (χ1) is 10.9. The first-order valence-electron chi connectivity index (χ1n) is 8.07. The number of rotatable bonds is 13. The topological polar surface area (TPSA) is 39.7 Å². The SMILES string of the molecule is CCCCOCC/C=C/CNCCOc1ccccc1OC. The molecule has 0 atom stereocenters. The van der Waals surface area contributed by atoms with Crippen LogP contribution in [0.2, 0.25) is 0 Å². The highest BCUT2D eigenvalue weighted by molar-refractivity contribution is 5.39. The van der Waals surface area contributed by atoms with Gasteiger partial charge in [-0.05, 0) is 25.0 Å². The van der Waals surface area contributed by atoms with Gasteiger partial charge in [-0.3, -0.25) is 0 Å². The van der Waals surface area contributed by atoms with Crippen LogP contribution in [0.25, 0.3) is 0 Å². The van der Waals surface area contributed by atoms with Gasteiger partial charge in [-0.2, -0.15) is 0 Å².